The molecule has 1 aromatic rings. The van der Waals surface area contributed by atoms with Gasteiger partial charge in [0.05, 0.1) is 11.6 Å². The highest BCUT2D eigenvalue weighted by molar-refractivity contribution is 5.21. The van der Waals surface area contributed by atoms with Gasteiger partial charge in [0, 0.05) is 12.1 Å². The van der Waals surface area contributed by atoms with Gasteiger partial charge in [-0.3, -0.25) is 5.32 Å². The summed E-state index contributed by atoms with van der Waals surface area (Å²) < 4.78 is 26.2. The van der Waals surface area contributed by atoms with Crippen LogP contribution in [0.3, 0.4) is 0 Å². The minimum absolute atomic E-state index is 0.0531. The Kier molecular flexibility index (Phi) is 4.22. The number of aliphatic hydroxyl groups is 1. The van der Waals surface area contributed by atoms with Crippen molar-refractivity contribution < 1.29 is 13.9 Å². The Balaban J connectivity index is 2.74. The number of rotatable bonds is 4. The lowest BCUT2D eigenvalue weighted by Gasteiger charge is -2.22. The predicted octanol–water partition coefficient (Wildman–Crippen LogP) is 2.00. The third-order valence-electron chi connectivity index (χ3n) is 2.42. The third kappa shape index (κ3) is 3.81. The lowest BCUT2D eigenvalue weighted by atomic mass is 10.0. The molecule has 2 nitrogen and oxygen atoms in total. The van der Waals surface area contributed by atoms with E-state index in [2.05, 4.69) is 11.2 Å². The van der Waals surface area contributed by atoms with E-state index in [-0.39, 0.29) is 12.1 Å². The molecule has 1 unspecified atom stereocenters. The Bertz CT molecular complexity index is 438. The maximum absolute atomic E-state index is 13.3. The molecule has 1 atom stereocenters. The lowest BCUT2D eigenvalue weighted by molar-refractivity contribution is 0.162. The van der Waals surface area contributed by atoms with E-state index in [0.717, 1.165) is 18.2 Å². The van der Waals surface area contributed by atoms with E-state index in [9.17, 15) is 13.9 Å². The molecule has 0 saturated carbocycles. The first-order chi connectivity index (χ1) is 7.85. The summed E-state index contributed by atoms with van der Waals surface area (Å²) in [4.78, 5) is 0. The number of benzene rings is 1. The van der Waals surface area contributed by atoms with Crippen LogP contribution in [-0.4, -0.2) is 17.2 Å². The van der Waals surface area contributed by atoms with E-state index in [1.165, 1.54) is 0 Å². The largest absolute Gasteiger partial charge is 0.387 e. The van der Waals surface area contributed by atoms with E-state index in [1.807, 2.05) is 0 Å². The van der Waals surface area contributed by atoms with Crippen LogP contribution in [0.2, 0.25) is 0 Å². The molecule has 0 heterocycles. The second-order valence-corrected chi connectivity index (χ2v) is 4.33. The fourth-order valence-corrected chi connectivity index (χ4v) is 1.28. The molecule has 17 heavy (non-hydrogen) atoms. The minimum atomic E-state index is -1.14. The second-order valence-electron chi connectivity index (χ2n) is 4.33. The van der Waals surface area contributed by atoms with Crippen molar-refractivity contribution in [2.75, 3.05) is 6.54 Å². The molecule has 0 aromatic heterocycles. The number of aliphatic hydroxyl groups excluding tert-OH is 1. The summed E-state index contributed by atoms with van der Waals surface area (Å²) >= 11 is 0. The zero-order chi connectivity index (χ0) is 13.1. The van der Waals surface area contributed by atoms with Gasteiger partial charge < -0.3 is 5.11 Å². The highest BCUT2D eigenvalue weighted by atomic mass is 19.1. The van der Waals surface area contributed by atoms with Crippen molar-refractivity contribution in [3.05, 3.63) is 35.4 Å². The van der Waals surface area contributed by atoms with E-state index in [4.69, 9.17) is 6.42 Å². The average Bonchev–Trinajstić information content (AvgIpc) is 2.29. The van der Waals surface area contributed by atoms with Gasteiger partial charge in [0.15, 0.2) is 0 Å². The van der Waals surface area contributed by atoms with Gasteiger partial charge in [-0.25, -0.2) is 8.78 Å². The summed E-state index contributed by atoms with van der Waals surface area (Å²) in [5.41, 5.74) is -0.685. The first kappa shape index (κ1) is 13.6. The summed E-state index contributed by atoms with van der Waals surface area (Å²) in [6, 6.07) is 2.97. The van der Waals surface area contributed by atoms with E-state index < -0.39 is 23.3 Å². The van der Waals surface area contributed by atoms with Crippen molar-refractivity contribution >= 4 is 0 Å². The van der Waals surface area contributed by atoms with Crippen molar-refractivity contribution in [2.45, 2.75) is 25.5 Å². The van der Waals surface area contributed by atoms with Gasteiger partial charge in [-0.15, -0.1) is 6.42 Å². The molecule has 0 radical (unpaired) electrons. The summed E-state index contributed by atoms with van der Waals surface area (Å²) in [7, 11) is 0. The predicted molar refractivity (Wildman–Crippen MR) is 62.2 cm³/mol. The van der Waals surface area contributed by atoms with Gasteiger partial charge in [0.2, 0.25) is 0 Å². The Morgan fingerprint density at radius 1 is 1.47 bits per heavy atom. The maximum atomic E-state index is 13.3. The number of terminal acetylenes is 1. The van der Waals surface area contributed by atoms with Crippen LogP contribution in [-0.2, 0) is 0 Å². The van der Waals surface area contributed by atoms with Crippen LogP contribution in [0.1, 0.15) is 25.5 Å². The van der Waals surface area contributed by atoms with E-state index in [0.29, 0.717) is 0 Å². The van der Waals surface area contributed by atoms with Crippen LogP contribution in [0, 0.1) is 24.0 Å². The Labute approximate surface area is 99.7 Å². The summed E-state index contributed by atoms with van der Waals surface area (Å²) in [6.45, 7) is 3.56. The van der Waals surface area contributed by atoms with Crippen molar-refractivity contribution in [1.82, 2.24) is 5.32 Å². The molecule has 0 saturated heterocycles. The zero-order valence-corrected chi connectivity index (χ0v) is 9.80. The number of nitrogens with one attached hydrogen (secondary N) is 1. The molecular formula is C13H15F2NO. The minimum Gasteiger partial charge on any atom is -0.387 e. The first-order valence-electron chi connectivity index (χ1n) is 5.21. The van der Waals surface area contributed by atoms with Gasteiger partial charge in [-0.05, 0) is 32.0 Å². The standard InChI is InChI=1S/C13H15F2NO/c1-4-13(2,3)16-8-12(17)10-7-9(14)5-6-11(10)15/h1,5-7,12,16-17H,8H2,2-3H3. The van der Waals surface area contributed by atoms with Crippen LogP contribution >= 0.6 is 0 Å². The first-order valence-corrected chi connectivity index (χ1v) is 5.21. The van der Waals surface area contributed by atoms with Gasteiger partial charge in [-0.2, -0.15) is 0 Å². The SMILES string of the molecule is C#CC(C)(C)NCC(O)c1cc(F)ccc1F. The Hall–Kier alpha value is -1.44. The van der Waals surface area contributed by atoms with Crippen molar-refractivity contribution in [3.63, 3.8) is 0 Å². The smallest absolute Gasteiger partial charge is 0.129 e. The normalized spacial score (nSPS) is 13.2. The van der Waals surface area contributed by atoms with Gasteiger partial charge in [0.1, 0.15) is 11.6 Å². The fraction of sp³-hybridized carbons (Fsp3) is 0.385. The van der Waals surface area contributed by atoms with Crippen LogP contribution < -0.4 is 5.32 Å². The Morgan fingerprint density at radius 2 is 2.12 bits per heavy atom. The van der Waals surface area contributed by atoms with Crippen LogP contribution in [0.25, 0.3) is 0 Å². The van der Waals surface area contributed by atoms with Crippen molar-refractivity contribution in [3.8, 4) is 12.3 Å². The van der Waals surface area contributed by atoms with Gasteiger partial charge >= 0.3 is 0 Å². The summed E-state index contributed by atoms with van der Waals surface area (Å²) in [5, 5.41) is 12.6. The number of halogens is 2. The molecule has 0 bridgehead atoms. The highest BCUT2D eigenvalue weighted by Crippen LogP contribution is 2.18. The molecule has 1 aromatic carbocycles. The maximum Gasteiger partial charge on any atom is 0.129 e. The molecule has 0 fully saturated rings. The fourth-order valence-electron chi connectivity index (χ4n) is 1.28. The van der Waals surface area contributed by atoms with Crippen molar-refractivity contribution in [1.29, 1.82) is 0 Å². The van der Waals surface area contributed by atoms with E-state index in [1.54, 1.807) is 13.8 Å². The molecule has 4 heteroatoms. The Morgan fingerprint density at radius 3 is 2.71 bits per heavy atom. The lowest BCUT2D eigenvalue weighted by Crippen LogP contribution is -2.40. The molecule has 0 amide bonds. The average molecular weight is 239 g/mol. The van der Waals surface area contributed by atoms with Crippen LogP contribution in [0.15, 0.2) is 18.2 Å². The molecular weight excluding hydrogens is 224 g/mol. The van der Waals surface area contributed by atoms with Crippen molar-refractivity contribution in [2.24, 2.45) is 0 Å². The second kappa shape index (κ2) is 5.26. The molecule has 1 rings (SSSR count). The van der Waals surface area contributed by atoms with E-state index >= 15 is 0 Å². The molecule has 0 aliphatic heterocycles. The number of β-amino-alcohol motifs (C(OH)–C–C–N with tert-alkyl or cyclic N) is 1. The topological polar surface area (TPSA) is 32.3 Å². The van der Waals surface area contributed by atoms with Gasteiger partial charge in [0.25, 0.3) is 0 Å². The molecule has 92 valence electrons. The number of hydrogen-bond donors (Lipinski definition) is 2. The molecule has 0 spiro atoms. The van der Waals surface area contributed by atoms with Crippen LogP contribution in [0.5, 0.6) is 0 Å². The monoisotopic (exact) mass is 239 g/mol. The van der Waals surface area contributed by atoms with Gasteiger partial charge in [-0.1, -0.05) is 5.92 Å². The molecule has 2 N–H and O–H groups in total. The summed E-state index contributed by atoms with van der Waals surface area (Å²) in [5.74, 6) is 1.26. The third-order valence-corrected chi connectivity index (χ3v) is 2.42. The quantitative estimate of drug-likeness (QED) is 0.788. The summed E-state index contributed by atoms with van der Waals surface area (Å²) in [6.07, 6.45) is 4.12. The zero-order valence-electron chi connectivity index (χ0n) is 9.80. The number of hydrogen-bond acceptors (Lipinski definition) is 2. The highest BCUT2D eigenvalue weighted by Gasteiger charge is 2.18. The molecule has 0 aliphatic carbocycles. The van der Waals surface area contributed by atoms with Crippen LogP contribution in [0.4, 0.5) is 8.78 Å². The molecule has 0 aliphatic rings.